The average molecular weight is 166 g/mol. The Morgan fingerprint density at radius 2 is 2.18 bits per heavy atom. The zero-order chi connectivity index (χ0) is 8.27. The Hall–Kier alpha value is -0.890. The smallest absolute Gasteiger partial charge is 0.127 e. The summed E-state index contributed by atoms with van der Waals surface area (Å²) >= 11 is 4.81. The molecule has 0 saturated carbocycles. The quantitative estimate of drug-likeness (QED) is 0.624. The van der Waals surface area contributed by atoms with Gasteiger partial charge in [-0.15, -0.1) is 0 Å². The number of ether oxygens (including phenoxy) is 1. The third-order valence-corrected chi connectivity index (χ3v) is 1.77. The highest BCUT2D eigenvalue weighted by molar-refractivity contribution is 7.79. The summed E-state index contributed by atoms with van der Waals surface area (Å²) in [5, 5.41) is 1.62. The molecule has 11 heavy (non-hydrogen) atoms. The number of benzene rings is 1. The van der Waals surface area contributed by atoms with Crippen LogP contribution in [-0.2, 0) is 0 Å². The Balaban J connectivity index is 3.16. The van der Waals surface area contributed by atoms with Crippen LogP contribution in [0.25, 0.3) is 0 Å². The van der Waals surface area contributed by atoms with E-state index < -0.39 is 0 Å². The molecule has 0 heterocycles. The molecule has 0 aliphatic rings. The van der Waals surface area contributed by atoms with Gasteiger partial charge in [0.15, 0.2) is 0 Å². The minimum atomic E-state index is 0.847. The molecule has 1 aromatic carbocycles. The molecule has 58 valence electrons. The number of hydrogen-bond acceptors (Lipinski definition) is 2. The second-order valence-electron chi connectivity index (χ2n) is 2.36. The molecule has 0 fully saturated rings. The number of thiocarbonyl (C=S) groups is 1. The second-order valence-corrected chi connectivity index (χ2v) is 2.60. The molecule has 0 aliphatic heterocycles. The molecule has 0 radical (unpaired) electrons. The van der Waals surface area contributed by atoms with Crippen LogP contribution in [0.5, 0.6) is 5.75 Å². The maximum absolute atomic E-state index is 5.12. The molecule has 0 unspecified atom stereocenters. The highest BCUT2D eigenvalue weighted by Gasteiger charge is 1.97. The molecule has 0 amide bonds. The lowest BCUT2D eigenvalue weighted by Crippen LogP contribution is -1.89. The number of methoxy groups -OCH3 is 1. The van der Waals surface area contributed by atoms with Gasteiger partial charge in [-0.2, -0.15) is 0 Å². The zero-order valence-corrected chi connectivity index (χ0v) is 7.44. The van der Waals surface area contributed by atoms with Gasteiger partial charge in [-0.25, -0.2) is 0 Å². The van der Waals surface area contributed by atoms with Crippen LogP contribution in [0, 0.1) is 6.92 Å². The summed E-state index contributed by atoms with van der Waals surface area (Å²) in [6, 6.07) is 5.94. The van der Waals surface area contributed by atoms with Crippen molar-refractivity contribution in [2.45, 2.75) is 6.92 Å². The first-order valence-corrected chi connectivity index (χ1v) is 3.85. The van der Waals surface area contributed by atoms with Crippen LogP contribution in [-0.4, -0.2) is 12.5 Å². The fourth-order valence-corrected chi connectivity index (χ4v) is 1.11. The van der Waals surface area contributed by atoms with Crippen molar-refractivity contribution in [1.29, 1.82) is 0 Å². The van der Waals surface area contributed by atoms with E-state index in [0.717, 1.165) is 11.3 Å². The molecule has 2 heteroatoms. The summed E-state index contributed by atoms with van der Waals surface area (Å²) in [5.41, 5.74) is 2.15. The summed E-state index contributed by atoms with van der Waals surface area (Å²) < 4.78 is 5.12. The van der Waals surface area contributed by atoms with E-state index >= 15 is 0 Å². The Bertz CT molecular complexity index is 268. The van der Waals surface area contributed by atoms with E-state index in [1.165, 1.54) is 5.56 Å². The molecular weight excluding hydrogens is 156 g/mol. The van der Waals surface area contributed by atoms with Gasteiger partial charge in [-0.3, -0.25) is 0 Å². The van der Waals surface area contributed by atoms with Crippen LogP contribution in [0.4, 0.5) is 0 Å². The predicted octanol–water partition coefficient (Wildman–Crippen LogP) is 2.35. The fourth-order valence-electron chi connectivity index (χ4n) is 0.916. The highest BCUT2D eigenvalue weighted by atomic mass is 32.1. The maximum Gasteiger partial charge on any atom is 0.127 e. The minimum Gasteiger partial charge on any atom is -0.496 e. The molecule has 0 aromatic heterocycles. The fraction of sp³-hybridized carbons (Fsp3) is 0.222. The Morgan fingerprint density at radius 1 is 1.45 bits per heavy atom. The van der Waals surface area contributed by atoms with Crippen LogP contribution in [0.3, 0.4) is 0 Å². The first-order chi connectivity index (χ1) is 5.27. The van der Waals surface area contributed by atoms with Crippen molar-refractivity contribution >= 4 is 17.6 Å². The lowest BCUT2D eigenvalue weighted by atomic mass is 10.1. The van der Waals surface area contributed by atoms with E-state index in [2.05, 4.69) is 0 Å². The van der Waals surface area contributed by atoms with Gasteiger partial charge < -0.3 is 4.74 Å². The average Bonchev–Trinajstić information content (AvgIpc) is 2.04. The van der Waals surface area contributed by atoms with Crippen LogP contribution >= 0.6 is 12.2 Å². The lowest BCUT2D eigenvalue weighted by Gasteiger charge is -2.03. The first-order valence-electron chi connectivity index (χ1n) is 3.37. The van der Waals surface area contributed by atoms with Crippen molar-refractivity contribution in [3.63, 3.8) is 0 Å². The van der Waals surface area contributed by atoms with Crippen LogP contribution in [0.2, 0.25) is 0 Å². The van der Waals surface area contributed by atoms with Crippen molar-refractivity contribution in [2.24, 2.45) is 0 Å². The molecule has 0 saturated heterocycles. The SMILES string of the molecule is COc1cc(C)ccc1C=S. The summed E-state index contributed by atoms with van der Waals surface area (Å²) in [7, 11) is 1.65. The van der Waals surface area contributed by atoms with Crippen molar-refractivity contribution in [3.05, 3.63) is 29.3 Å². The van der Waals surface area contributed by atoms with Crippen molar-refractivity contribution in [3.8, 4) is 5.75 Å². The summed E-state index contributed by atoms with van der Waals surface area (Å²) in [5.74, 6) is 0.847. The van der Waals surface area contributed by atoms with Gasteiger partial charge in [-0.1, -0.05) is 24.4 Å². The normalized spacial score (nSPS) is 9.27. The van der Waals surface area contributed by atoms with Crippen LogP contribution < -0.4 is 4.74 Å². The van der Waals surface area contributed by atoms with Crippen LogP contribution in [0.15, 0.2) is 18.2 Å². The number of aryl methyl sites for hydroxylation is 1. The van der Waals surface area contributed by atoms with E-state index in [1.54, 1.807) is 12.5 Å². The summed E-state index contributed by atoms with van der Waals surface area (Å²) in [6.45, 7) is 2.02. The van der Waals surface area contributed by atoms with Gasteiger partial charge >= 0.3 is 0 Å². The maximum atomic E-state index is 5.12. The molecule has 0 spiro atoms. The highest BCUT2D eigenvalue weighted by Crippen LogP contribution is 2.17. The van der Waals surface area contributed by atoms with Gasteiger partial charge in [0.25, 0.3) is 0 Å². The largest absolute Gasteiger partial charge is 0.496 e. The topological polar surface area (TPSA) is 9.23 Å². The molecule has 0 aliphatic carbocycles. The molecule has 0 bridgehead atoms. The van der Waals surface area contributed by atoms with Gasteiger partial charge in [-0.05, 0) is 18.6 Å². The molecule has 0 atom stereocenters. The van der Waals surface area contributed by atoms with Crippen LogP contribution in [0.1, 0.15) is 11.1 Å². The molecule has 1 nitrogen and oxygen atoms in total. The third kappa shape index (κ3) is 1.77. The summed E-state index contributed by atoms with van der Waals surface area (Å²) in [4.78, 5) is 0. The number of hydrogen-bond donors (Lipinski definition) is 0. The molecule has 1 rings (SSSR count). The van der Waals surface area contributed by atoms with Crippen molar-refractivity contribution in [1.82, 2.24) is 0 Å². The monoisotopic (exact) mass is 166 g/mol. The minimum absolute atomic E-state index is 0.847. The van der Waals surface area contributed by atoms with E-state index in [9.17, 15) is 0 Å². The Morgan fingerprint density at radius 3 is 2.73 bits per heavy atom. The predicted molar refractivity (Wildman–Crippen MR) is 50.5 cm³/mol. The third-order valence-electron chi connectivity index (χ3n) is 1.52. The van der Waals surface area contributed by atoms with E-state index in [4.69, 9.17) is 17.0 Å². The molecular formula is C9H10OS. The van der Waals surface area contributed by atoms with E-state index in [-0.39, 0.29) is 0 Å². The number of rotatable bonds is 2. The van der Waals surface area contributed by atoms with Gasteiger partial charge in [0.2, 0.25) is 0 Å². The van der Waals surface area contributed by atoms with E-state index in [1.807, 2.05) is 25.1 Å². The molecule has 0 N–H and O–H groups in total. The second kappa shape index (κ2) is 3.49. The lowest BCUT2D eigenvalue weighted by molar-refractivity contribution is 0.414. The Kier molecular flexibility index (Phi) is 2.60. The van der Waals surface area contributed by atoms with Gasteiger partial charge in [0, 0.05) is 10.9 Å². The first kappa shape index (κ1) is 8.21. The van der Waals surface area contributed by atoms with Gasteiger partial charge in [0.1, 0.15) is 5.75 Å². The standard InChI is InChI=1S/C9H10OS/c1-7-3-4-8(6-11)9(5-7)10-2/h3-6H,1-2H3. The Labute approximate surface area is 72.0 Å². The molecule has 1 aromatic rings. The summed E-state index contributed by atoms with van der Waals surface area (Å²) in [6.07, 6.45) is 0. The zero-order valence-electron chi connectivity index (χ0n) is 6.63. The van der Waals surface area contributed by atoms with Crippen molar-refractivity contribution < 1.29 is 4.74 Å². The van der Waals surface area contributed by atoms with E-state index in [0.29, 0.717) is 0 Å². The van der Waals surface area contributed by atoms with Crippen molar-refractivity contribution in [2.75, 3.05) is 7.11 Å². The van der Waals surface area contributed by atoms with Gasteiger partial charge in [0.05, 0.1) is 7.11 Å².